The molecule has 2 amide bonds. The van der Waals surface area contributed by atoms with Crippen molar-refractivity contribution in [3.8, 4) is 16.9 Å². The van der Waals surface area contributed by atoms with Gasteiger partial charge in [-0.2, -0.15) is 0 Å². The van der Waals surface area contributed by atoms with Crippen LogP contribution in [0.2, 0.25) is 0 Å². The van der Waals surface area contributed by atoms with Gasteiger partial charge in [0.25, 0.3) is 0 Å². The summed E-state index contributed by atoms with van der Waals surface area (Å²) in [7, 11) is 1.66. The van der Waals surface area contributed by atoms with Gasteiger partial charge < -0.3 is 15.0 Å². The van der Waals surface area contributed by atoms with E-state index in [4.69, 9.17) is 4.74 Å². The van der Waals surface area contributed by atoms with Gasteiger partial charge in [-0.25, -0.2) is 0 Å². The highest BCUT2D eigenvalue weighted by Gasteiger charge is 2.32. The summed E-state index contributed by atoms with van der Waals surface area (Å²) in [5.74, 6) is 1.12. The number of likely N-dealkylation sites (tertiary alicyclic amines) is 1. The Morgan fingerprint density at radius 1 is 0.933 bits per heavy atom. The van der Waals surface area contributed by atoms with Gasteiger partial charge in [-0.3, -0.25) is 9.59 Å². The van der Waals surface area contributed by atoms with Crippen LogP contribution in [0.1, 0.15) is 38.5 Å². The van der Waals surface area contributed by atoms with Gasteiger partial charge in [0.15, 0.2) is 0 Å². The molecule has 4 rings (SSSR count). The lowest BCUT2D eigenvalue weighted by atomic mass is 9.95. The van der Waals surface area contributed by atoms with Crippen LogP contribution < -0.4 is 10.1 Å². The lowest BCUT2D eigenvalue weighted by Crippen LogP contribution is -2.45. The van der Waals surface area contributed by atoms with Gasteiger partial charge in [0.2, 0.25) is 11.8 Å². The number of carbonyl (C=O) groups is 2. The van der Waals surface area contributed by atoms with E-state index < -0.39 is 0 Å². The maximum Gasteiger partial charge on any atom is 0.229 e. The maximum atomic E-state index is 12.8. The number of benzene rings is 2. The van der Waals surface area contributed by atoms with E-state index in [-0.39, 0.29) is 23.7 Å². The summed E-state index contributed by atoms with van der Waals surface area (Å²) < 4.78 is 5.29. The molecule has 2 aromatic carbocycles. The van der Waals surface area contributed by atoms with Crippen molar-refractivity contribution in [2.24, 2.45) is 11.8 Å². The second-order valence-corrected chi connectivity index (χ2v) is 8.40. The summed E-state index contributed by atoms with van der Waals surface area (Å²) in [6, 6.07) is 15.8. The molecule has 0 spiro atoms. The van der Waals surface area contributed by atoms with Crippen molar-refractivity contribution in [2.75, 3.05) is 25.5 Å². The minimum absolute atomic E-state index is 0.00746. The van der Waals surface area contributed by atoms with Crippen LogP contribution in [0.4, 0.5) is 5.69 Å². The van der Waals surface area contributed by atoms with Gasteiger partial charge in [-0.15, -0.1) is 0 Å². The van der Waals surface area contributed by atoms with Crippen molar-refractivity contribution in [3.63, 3.8) is 0 Å². The van der Waals surface area contributed by atoms with Crippen molar-refractivity contribution >= 4 is 17.5 Å². The third kappa shape index (κ3) is 4.66. The predicted molar refractivity (Wildman–Crippen MR) is 118 cm³/mol. The molecule has 2 aliphatic rings. The summed E-state index contributed by atoms with van der Waals surface area (Å²) in [6.45, 7) is 1.33. The molecule has 5 heteroatoms. The number of hydrogen-bond acceptors (Lipinski definition) is 3. The van der Waals surface area contributed by atoms with Gasteiger partial charge in [-0.05, 0) is 61.1 Å². The number of amides is 2. The Bertz CT molecular complexity index is 888. The lowest BCUT2D eigenvalue weighted by Gasteiger charge is -2.33. The number of ether oxygens (including phenoxy) is 1. The first-order chi connectivity index (χ1) is 14.6. The Labute approximate surface area is 178 Å². The van der Waals surface area contributed by atoms with Crippen LogP contribution in [0, 0.1) is 11.8 Å². The average Bonchev–Trinajstić information content (AvgIpc) is 3.34. The van der Waals surface area contributed by atoms with Gasteiger partial charge in [0.1, 0.15) is 5.75 Å². The first kappa shape index (κ1) is 20.5. The molecule has 1 N–H and O–H groups in total. The minimum atomic E-state index is -0.137. The molecule has 0 bridgehead atoms. The first-order valence-electron chi connectivity index (χ1n) is 11.0. The zero-order valence-corrected chi connectivity index (χ0v) is 17.6. The van der Waals surface area contributed by atoms with E-state index in [0.29, 0.717) is 6.54 Å². The number of anilines is 1. The smallest absolute Gasteiger partial charge is 0.229 e. The standard InChI is InChI=1S/C25H30N2O3/c1-30-23-10-4-8-20(16-23)18-11-13-22(14-12-18)26-24(28)21-9-5-15-27(17-21)25(29)19-6-2-3-7-19/h4,8,10-14,16,19,21H,2-3,5-7,9,15,17H2,1H3,(H,26,28)/t21-/m0/s1. The largest absolute Gasteiger partial charge is 0.497 e. The molecule has 1 saturated carbocycles. The number of nitrogens with one attached hydrogen (secondary N) is 1. The fourth-order valence-corrected chi connectivity index (χ4v) is 4.62. The summed E-state index contributed by atoms with van der Waals surface area (Å²) >= 11 is 0. The Morgan fingerprint density at radius 3 is 2.40 bits per heavy atom. The predicted octanol–water partition coefficient (Wildman–Crippen LogP) is 4.73. The van der Waals surface area contributed by atoms with Gasteiger partial charge >= 0.3 is 0 Å². The molecule has 0 aromatic heterocycles. The van der Waals surface area contributed by atoms with Crippen LogP contribution in [-0.4, -0.2) is 36.9 Å². The highest BCUT2D eigenvalue weighted by molar-refractivity contribution is 5.93. The van der Waals surface area contributed by atoms with Crippen molar-refractivity contribution in [3.05, 3.63) is 48.5 Å². The van der Waals surface area contributed by atoms with E-state index in [2.05, 4.69) is 5.32 Å². The maximum absolute atomic E-state index is 12.8. The third-order valence-corrected chi connectivity index (χ3v) is 6.36. The summed E-state index contributed by atoms with van der Waals surface area (Å²) in [5.41, 5.74) is 2.92. The third-order valence-electron chi connectivity index (χ3n) is 6.36. The summed E-state index contributed by atoms with van der Waals surface area (Å²) in [5, 5.41) is 3.04. The van der Waals surface area contributed by atoms with Crippen LogP contribution >= 0.6 is 0 Å². The fourth-order valence-electron chi connectivity index (χ4n) is 4.62. The SMILES string of the molecule is COc1cccc(-c2ccc(NC(=O)[C@H]3CCCN(C(=O)C4CCCC4)C3)cc2)c1. The lowest BCUT2D eigenvalue weighted by molar-refractivity contribution is -0.138. The number of piperidine rings is 1. The van der Waals surface area contributed by atoms with Crippen LogP contribution in [0.3, 0.4) is 0 Å². The van der Waals surface area contributed by atoms with Crippen LogP contribution in [0.15, 0.2) is 48.5 Å². The van der Waals surface area contributed by atoms with Crippen molar-refractivity contribution < 1.29 is 14.3 Å². The quantitative estimate of drug-likeness (QED) is 0.781. The molecular weight excluding hydrogens is 376 g/mol. The molecule has 1 aliphatic heterocycles. The Balaban J connectivity index is 1.36. The zero-order chi connectivity index (χ0) is 20.9. The average molecular weight is 407 g/mol. The number of rotatable bonds is 5. The molecular formula is C25H30N2O3. The van der Waals surface area contributed by atoms with E-state index in [1.807, 2.05) is 53.4 Å². The van der Waals surface area contributed by atoms with E-state index in [9.17, 15) is 9.59 Å². The van der Waals surface area contributed by atoms with E-state index in [0.717, 1.165) is 67.6 Å². The molecule has 1 heterocycles. The first-order valence-corrected chi connectivity index (χ1v) is 11.0. The number of carbonyl (C=O) groups excluding carboxylic acids is 2. The van der Waals surface area contributed by atoms with Gasteiger partial charge in [0, 0.05) is 24.7 Å². The van der Waals surface area contributed by atoms with Crippen LogP contribution in [0.25, 0.3) is 11.1 Å². The van der Waals surface area contributed by atoms with Crippen LogP contribution in [0.5, 0.6) is 5.75 Å². The summed E-state index contributed by atoms with van der Waals surface area (Å²) in [4.78, 5) is 27.5. The number of nitrogens with zero attached hydrogens (tertiary/aromatic N) is 1. The molecule has 158 valence electrons. The molecule has 30 heavy (non-hydrogen) atoms. The van der Waals surface area contributed by atoms with Crippen molar-refractivity contribution in [1.29, 1.82) is 0 Å². The van der Waals surface area contributed by atoms with Gasteiger partial charge in [-0.1, -0.05) is 37.1 Å². The van der Waals surface area contributed by atoms with E-state index in [1.165, 1.54) is 0 Å². The minimum Gasteiger partial charge on any atom is -0.497 e. The molecule has 0 radical (unpaired) electrons. The molecule has 2 aromatic rings. The molecule has 0 unspecified atom stereocenters. The zero-order valence-electron chi connectivity index (χ0n) is 17.6. The normalized spacial score (nSPS) is 19.5. The number of methoxy groups -OCH3 is 1. The van der Waals surface area contributed by atoms with E-state index >= 15 is 0 Å². The fraction of sp³-hybridized carbons (Fsp3) is 0.440. The molecule has 2 fully saturated rings. The Kier molecular flexibility index (Phi) is 6.36. The van der Waals surface area contributed by atoms with Crippen molar-refractivity contribution in [2.45, 2.75) is 38.5 Å². The topological polar surface area (TPSA) is 58.6 Å². The molecule has 1 atom stereocenters. The molecule has 1 saturated heterocycles. The highest BCUT2D eigenvalue weighted by Crippen LogP contribution is 2.29. The van der Waals surface area contributed by atoms with Crippen molar-refractivity contribution in [1.82, 2.24) is 4.90 Å². The number of hydrogen-bond donors (Lipinski definition) is 1. The van der Waals surface area contributed by atoms with Crippen LogP contribution in [-0.2, 0) is 9.59 Å². The van der Waals surface area contributed by atoms with Gasteiger partial charge in [0.05, 0.1) is 13.0 Å². The summed E-state index contributed by atoms with van der Waals surface area (Å²) in [6.07, 6.45) is 6.05. The second-order valence-electron chi connectivity index (χ2n) is 8.40. The van der Waals surface area contributed by atoms with E-state index in [1.54, 1.807) is 7.11 Å². The molecule has 5 nitrogen and oxygen atoms in total. The second kappa shape index (κ2) is 9.33. The highest BCUT2D eigenvalue weighted by atomic mass is 16.5. The Hall–Kier alpha value is -2.82. The molecule has 1 aliphatic carbocycles. The Morgan fingerprint density at radius 2 is 1.67 bits per heavy atom. The monoisotopic (exact) mass is 406 g/mol.